The third kappa shape index (κ3) is 2.66. The lowest BCUT2D eigenvalue weighted by atomic mass is 10.3. The maximum Gasteiger partial charge on any atom is 0.161 e. The van der Waals surface area contributed by atoms with Gasteiger partial charge in [0.05, 0.1) is 17.6 Å². The Bertz CT molecular complexity index is 563. The number of rotatable bonds is 3. The van der Waals surface area contributed by atoms with Crippen LogP contribution in [0.1, 0.15) is 12.7 Å². The van der Waals surface area contributed by atoms with Crippen molar-refractivity contribution in [2.45, 2.75) is 13.5 Å². The van der Waals surface area contributed by atoms with E-state index in [0.717, 1.165) is 50.7 Å². The molecule has 0 amide bonds. The number of imidazole rings is 1. The lowest BCUT2D eigenvalue weighted by molar-refractivity contribution is 0.130. The second-order valence-corrected chi connectivity index (χ2v) is 5.18. The summed E-state index contributed by atoms with van der Waals surface area (Å²) in [5, 5.41) is 0. The lowest BCUT2D eigenvalue weighted by Crippen LogP contribution is -2.45. The van der Waals surface area contributed by atoms with Crippen molar-refractivity contribution in [3.8, 4) is 0 Å². The second kappa shape index (κ2) is 5.46. The zero-order valence-electron chi connectivity index (χ0n) is 11.5. The lowest BCUT2D eigenvalue weighted by Gasteiger charge is -2.33. The van der Waals surface area contributed by atoms with Crippen molar-refractivity contribution in [1.82, 2.24) is 19.8 Å². The number of nitrogens with one attached hydrogen (secondary N) is 1. The predicted octanol–water partition coefficient (Wildman–Crippen LogP) is 1.98. The minimum absolute atomic E-state index is 0.478. The van der Waals surface area contributed by atoms with Crippen molar-refractivity contribution in [3.63, 3.8) is 0 Å². The first kappa shape index (κ1) is 13.5. The van der Waals surface area contributed by atoms with Crippen LogP contribution in [0.15, 0.2) is 12.1 Å². The van der Waals surface area contributed by atoms with Crippen LogP contribution in [0.2, 0.25) is 0 Å². The van der Waals surface area contributed by atoms with Crippen molar-refractivity contribution in [3.05, 3.63) is 29.6 Å². The van der Waals surface area contributed by atoms with Gasteiger partial charge in [-0.05, 0) is 6.54 Å². The quantitative estimate of drug-likeness (QED) is 0.933. The van der Waals surface area contributed by atoms with Gasteiger partial charge in [0.25, 0.3) is 0 Å². The van der Waals surface area contributed by atoms with Gasteiger partial charge in [-0.15, -0.1) is 0 Å². The first-order valence-corrected chi connectivity index (χ1v) is 6.94. The molecule has 4 nitrogen and oxygen atoms in total. The molecular weight excluding hydrogens is 262 g/mol. The van der Waals surface area contributed by atoms with Crippen LogP contribution in [0, 0.1) is 11.6 Å². The van der Waals surface area contributed by atoms with Crippen LogP contribution < -0.4 is 0 Å². The van der Waals surface area contributed by atoms with E-state index in [0.29, 0.717) is 17.6 Å². The van der Waals surface area contributed by atoms with Gasteiger partial charge < -0.3 is 9.88 Å². The Labute approximate surface area is 116 Å². The van der Waals surface area contributed by atoms with Crippen LogP contribution in [0.3, 0.4) is 0 Å². The van der Waals surface area contributed by atoms with Gasteiger partial charge in [0.15, 0.2) is 11.6 Å². The largest absolute Gasteiger partial charge is 0.341 e. The number of halogens is 2. The third-order valence-electron chi connectivity index (χ3n) is 3.86. The Kier molecular flexibility index (Phi) is 3.67. The van der Waals surface area contributed by atoms with E-state index in [2.05, 4.69) is 26.7 Å². The minimum Gasteiger partial charge on any atom is -0.341 e. The number of likely N-dealkylation sites (N-methyl/N-ethyl adjacent to an activating group) is 1. The minimum atomic E-state index is -0.855. The van der Waals surface area contributed by atoms with Gasteiger partial charge in [-0.1, -0.05) is 6.92 Å². The zero-order valence-corrected chi connectivity index (χ0v) is 11.5. The molecule has 2 aromatic rings. The van der Waals surface area contributed by atoms with Crippen LogP contribution in [0.4, 0.5) is 8.78 Å². The fourth-order valence-corrected chi connectivity index (χ4v) is 2.61. The van der Waals surface area contributed by atoms with Gasteiger partial charge in [-0.2, -0.15) is 0 Å². The fraction of sp³-hybridized carbons (Fsp3) is 0.500. The molecule has 0 atom stereocenters. The highest BCUT2D eigenvalue weighted by molar-refractivity contribution is 5.75. The number of nitrogens with zero attached hydrogens (tertiary/aromatic N) is 3. The summed E-state index contributed by atoms with van der Waals surface area (Å²) >= 11 is 0. The zero-order chi connectivity index (χ0) is 14.1. The molecule has 20 heavy (non-hydrogen) atoms. The van der Waals surface area contributed by atoms with Crippen molar-refractivity contribution in [1.29, 1.82) is 0 Å². The molecule has 108 valence electrons. The summed E-state index contributed by atoms with van der Waals surface area (Å²) in [6.45, 7) is 8.03. The van der Waals surface area contributed by atoms with Crippen LogP contribution in [0.5, 0.6) is 0 Å². The first-order chi connectivity index (χ1) is 9.65. The molecule has 1 aromatic heterocycles. The Hall–Kier alpha value is -1.53. The third-order valence-corrected chi connectivity index (χ3v) is 3.86. The van der Waals surface area contributed by atoms with Crippen LogP contribution >= 0.6 is 0 Å². The van der Waals surface area contributed by atoms with Gasteiger partial charge in [0.2, 0.25) is 0 Å². The average molecular weight is 280 g/mol. The van der Waals surface area contributed by atoms with Gasteiger partial charge in [-0.25, -0.2) is 13.8 Å². The monoisotopic (exact) mass is 280 g/mol. The van der Waals surface area contributed by atoms with E-state index >= 15 is 0 Å². The number of aromatic nitrogens is 2. The number of H-pyrrole nitrogens is 1. The molecule has 1 aromatic carbocycles. The Morgan fingerprint density at radius 1 is 1.10 bits per heavy atom. The summed E-state index contributed by atoms with van der Waals surface area (Å²) < 4.78 is 26.3. The number of piperazine rings is 1. The first-order valence-electron chi connectivity index (χ1n) is 6.94. The molecule has 0 aliphatic carbocycles. The normalized spacial score (nSPS) is 17.9. The maximum absolute atomic E-state index is 13.2. The van der Waals surface area contributed by atoms with E-state index in [4.69, 9.17) is 0 Å². The van der Waals surface area contributed by atoms with Crippen molar-refractivity contribution >= 4 is 11.0 Å². The molecule has 0 spiro atoms. The van der Waals surface area contributed by atoms with E-state index in [9.17, 15) is 8.78 Å². The van der Waals surface area contributed by atoms with E-state index < -0.39 is 11.6 Å². The summed E-state index contributed by atoms with van der Waals surface area (Å²) in [5.41, 5.74) is 1.03. The molecule has 1 aliphatic heterocycles. The Balaban J connectivity index is 1.72. The molecule has 0 unspecified atom stereocenters. The molecule has 1 saturated heterocycles. The molecule has 6 heteroatoms. The van der Waals surface area contributed by atoms with Gasteiger partial charge in [0, 0.05) is 38.3 Å². The topological polar surface area (TPSA) is 35.2 Å². The molecule has 0 radical (unpaired) electrons. The molecule has 1 N–H and O–H groups in total. The molecule has 0 bridgehead atoms. The predicted molar refractivity (Wildman–Crippen MR) is 73.4 cm³/mol. The molecule has 1 aliphatic rings. The van der Waals surface area contributed by atoms with E-state index in [-0.39, 0.29) is 0 Å². The molecule has 0 saturated carbocycles. The molecule has 3 rings (SSSR count). The summed E-state index contributed by atoms with van der Waals surface area (Å²) in [6.07, 6.45) is 0. The van der Waals surface area contributed by atoms with E-state index in [1.807, 2.05) is 0 Å². The van der Waals surface area contributed by atoms with E-state index in [1.54, 1.807) is 0 Å². The maximum atomic E-state index is 13.2. The molecule has 1 fully saturated rings. The van der Waals surface area contributed by atoms with Crippen LogP contribution in [-0.2, 0) is 6.54 Å². The summed E-state index contributed by atoms with van der Waals surface area (Å²) in [4.78, 5) is 12.1. The molecule has 2 heterocycles. The summed E-state index contributed by atoms with van der Waals surface area (Å²) in [5.74, 6) is -0.939. The number of hydrogen-bond acceptors (Lipinski definition) is 3. The number of fused-ring (bicyclic) bond motifs is 1. The van der Waals surface area contributed by atoms with Gasteiger partial charge >= 0.3 is 0 Å². The molecular formula is C14H18F2N4. The summed E-state index contributed by atoms with van der Waals surface area (Å²) in [6, 6.07) is 2.30. The number of hydrogen-bond donors (Lipinski definition) is 1. The second-order valence-electron chi connectivity index (χ2n) is 5.18. The number of aromatic amines is 1. The van der Waals surface area contributed by atoms with Crippen molar-refractivity contribution in [2.24, 2.45) is 0 Å². The van der Waals surface area contributed by atoms with E-state index in [1.165, 1.54) is 0 Å². The standard InChI is InChI=1S/C14H18F2N4/c1-2-19-3-5-20(6-4-19)9-14-17-12-7-10(15)11(16)8-13(12)18-14/h7-8H,2-6,9H2,1H3,(H,17,18). The Morgan fingerprint density at radius 2 is 1.75 bits per heavy atom. The summed E-state index contributed by atoms with van der Waals surface area (Å²) in [7, 11) is 0. The van der Waals surface area contributed by atoms with Gasteiger partial charge in [0.1, 0.15) is 5.82 Å². The van der Waals surface area contributed by atoms with Crippen molar-refractivity contribution < 1.29 is 8.78 Å². The van der Waals surface area contributed by atoms with Crippen molar-refractivity contribution in [2.75, 3.05) is 32.7 Å². The van der Waals surface area contributed by atoms with Crippen LogP contribution in [-0.4, -0.2) is 52.5 Å². The number of benzene rings is 1. The SMILES string of the molecule is CCN1CCN(Cc2nc3cc(F)c(F)cc3[nH]2)CC1. The average Bonchev–Trinajstić information content (AvgIpc) is 2.81. The highest BCUT2D eigenvalue weighted by Crippen LogP contribution is 2.17. The Morgan fingerprint density at radius 3 is 2.45 bits per heavy atom. The highest BCUT2D eigenvalue weighted by Gasteiger charge is 2.17. The van der Waals surface area contributed by atoms with Crippen LogP contribution in [0.25, 0.3) is 11.0 Å². The fourth-order valence-electron chi connectivity index (χ4n) is 2.61. The smallest absolute Gasteiger partial charge is 0.161 e. The highest BCUT2D eigenvalue weighted by atomic mass is 19.2. The van der Waals surface area contributed by atoms with Gasteiger partial charge in [-0.3, -0.25) is 4.90 Å².